The maximum absolute atomic E-state index is 13.0. The third-order valence-electron chi connectivity index (χ3n) is 6.80. The fourth-order valence-electron chi connectivity index (χ4n) is 5.46. The lowest BCUT2D eigenvalue weighted by atomic mass is 9.88. The Morgan fingerprint density at radius 3 is 2.59 bits per heavy atom. The number of carbonyl (C=O) groups is 1. The Bertz CT molecular complexity index is 1050. The Kier molecular flexibility index (Phi) is 4.15. The third kappa shape index (κ3) is 2.74. The molecule has 5 rings (SSSR count). The van der Waals surface area contributed by atoms with Crippen LogP contribution in [0.5, 0.6) is 0 Å². The first-order valence-electron chi connectivity index (χ1n) is 10.5. The molecular weight excluding hydrogens is 330 g/mol. The van der Waals surface area contributed by atoms with Gasteiger partial charge in [0.25, 0.3) is 0 Å². The molecule has 0 radical (unpaired) electrons. The van der Waals surface area contributed by atoms with Gasteiger partial charge in [-0.1, -0.05) is 37.1 Å². The number of benzene rings is 2. The molecule has 2 nitrogen and oxygen atoms in total. The SMILES string of the molecule is CCn1c2ccccc2c2cc(/C=C3\CC[C@@H](C4CCCC4)C3=O)ccc21. The van der Waals surface area contributed by atoms with E-state index in [4.69, 9.17) is 0 Å². The van der Waals surface area contributed by atoms with Gasteiger partial charge in [0, 0.05) is 34.3 Å². The fraction of sp³-hybridized carbons (Fsp3) is 0.400. The lowest BCUT2D eigenvalue weighted by Crippen LogP contribution is -2.16. The van der Waals surface area contributed by atoms with Crippen LogP contribution in [0.1, 0.15) is 51.0 Å². The van der Waals surface area contributed by atoms with Gasteiger partial charge in [0.1, 0.15) is 0 Å². The number of Topliss-reactive ketones (excluding diaryl/α,β-unsaturated/α-hetero) is 1. The highest BCUT2D eigenvalue weighted by Crippen LogP contribution is 2.41. The Labute approximate surface area is 160 Å². The molecule has 2 heteroatoms. The molecule has 1 heterocycles. The molecule has 27 heavy (non-hydrogen) atoms. The first-order valence-corrected chi connectivity index (χ1v) is 10.5. The number of aryl methyl sites for hydroxylation is 1. The smallest absolute Gasteiger partial charge is 0.162 e. The summed E-state index contributed by atoms with van der Waals surface area (Å²) < 4.78 is 2.37. The van der Waals surface area contributed by atoms with Gasteiger partial charge >= 0.3 is 0 Å². The molecular formula is C25H27NO. The molecule has 0 bridgehead atoms. The lowest BCUT2D eigenvalue weighted by Gasteiger charge is -2.15. The van der Waals surface area contributed by atoms with Crippen molar-refractivity contribution >= 4 is 33.7 Å². The van der Waals surface area contributed by atoms with Crippen LogP contribution in [0.25, 0.3) is 27.9 Å². The van der Waals surface area contributed by atoms with Crippen LogP contribution in [0.2, 0.25) is 0 Å². The van der Waals surface area contributed by atoms with Gasteiger partial charge in [-0.2, -0.15) is 0 Å². The van der Waals surface area contributed by atoms with Gasteiger partial charge in [-0.05, 0) is 73.9 Å². The maximum atomic E-state index is 13.0. The second-order valence-electron chi connectivity index (χ2n) is 8.26. The third-order valence-corrected chi connectivity index (χ3v) is 6.80. The van der Waals surface area contributed by atoms with Crippen molar-refractivity contribution in [2.45, 2.75) is 52.0 Å². The number of ketones is 1. The van der Waals surface area contributed by atoms with E-state index in [9.17, 15) is 4.79 Å². The minimum absolute atomic E-state index is 0.296. The van der Waals surface area contributed by atoms with E-state index in [1.165, 1.54) is 47.5 Å². The first-order chi connectivity index (χ1) is 13.3. The predicted molar refractivity (Wildman–Crippen MR) is 113 cm³/mol. The molecule has 2 fully saturated rings. The van der Waals surface area contributed by atoms with Crippen molar-refractivity contribution in [3.63, 3.8) is 0 Å². The number of allylic oxidation sites excluding steroid dienone is 1. The highest BCUT2D eigenvalue weighted by atomic mass is 16.1. The summed E-state index contributed by atoms with van der Waals surface area (Å²) in [6, 6.07) is 15.3. The summed E-state index contributed by atoms with van der Waals surface area (Å²) in [7, 11) is 0. The maximum Gasteiger partial charge on any atom is 0.162 e. The molecule has 0 N–H and O–H groups in total. The van der Waals surface area contributed by atoms with Gasteiger partial charge in [0.2, 0.25) is 0 Å². The van der Waals surface area contributed by atoms with E-state index in [1.54, 1.807) is 0 Å². The molecule has 3 aromatic rings. The molecule has 0 amide bonds. The number of fused-ring (bicyclic) bond motifs is 3. The van der Waals surface area contributed by atoms with E-state index in [2.05, 4.69) is 60.0 Å². The summed E-state index contributed by atoms with van der Waals surface area (Å²) in [6.45, 7) is 3.16. The van der Waals surface area contributed by atoms with Crippen LogP contribution in [-0.4, -0.2) is 10.4 Å². The van der Waals surface area contributed by atoms with Crippen molar-refractivity contribution in [3.05, 3.63) is 53.6 Å². The van der Waals surface area contributed by atoms with E-state index in [1.807, 2.05) is 0 Å². The average molecular weight is 357 g/mol. The van der Waals surface area contributed by atoms with Crippen LogP contribution >= 0.6 is 0 Å². The molecule has 2 aliphatic carbocycles. The van der Waals surface area contributed by atoms with Crippen molar-refractivity contribution < 1.29 is 4.79 Å². The van der Waals surface area contributed by atoms with Crippen LogP contribution in [0.3, 0.4) is 0 Å². The fourth-order valence-corrected chi connectivity index (χ4v) is 5.46. The Morgan fingerprint density at radius 1 is 1.00 bits per heavy atom. The highest BCUT2D eigenvalue weighted by molar-refractivity contribution is 6.09. The minimum Gasteiger partial charge on any atom is -0.341 e. The molecule has 2 aliphatic rings. The summed E-state index contributed by atoms with van der Waals surface area (Å²) in [5.41, 5.74) is 4.78. The van der Waals surface area contributed by atoms with Crippen molar-refractivity contribution in [2.24, 2.45) is 11.8 Å². The van der Waals surface area contributed by atoms with Gasteiger partial charge in [-0.15, -0.1) is 0 Å². The monoisotopic (exact) mass is 357 g/mol. The number of nitrogens with zero attached hydrogens (tertiary/aromatic N) is 1. The van der Waals surface area contributed by atoms with Gasteiger partial charge in [0.05, 0.1) is 0 Å². The number of hydrogen-bond acceptors (Lipinski definition) is 1. The van der Waals surface area contributed by atoms with E-state index in [-0.39, 0.29) is 0 Å². The average Bonchev–Trinajstić information content (AvgIpc) is 3.40. The summed E-state index contributed by atoms with van der Waals surface area (Å²) >= 11 is 0. The van der Waals surface area contributed by atoms with Gasteiger partial charge in [-0.25, -0.2) is 0 Å². The molecule has 138 valence electrons. The second kappa shape index (κ2) is 6.67. The minimum atomic E-state index is 0.296. The van der Waals surface area contributed by atoms with E-state index in [0.717, 1.165) is 30.5 Å². The van der Waals surface area contributed by atoms with Gasteiger partial charge in [0.15, 0.2) is 5.78 Å². The number of carbonyl (C=O) groups excluding carboxylic acids is 1. The normalized spacial score (nSPS) is 22.6. The van der Waals surface area contributed by atoms with Crippen LogP contribution in [-0.2, 0) is 11.3 Å². The molecule has 2 saturated carbocycles. The predicted octanol–water partition coefficient (Wildman–Crippen LogP) is 6.37. The first kappa shape index (κ1) is 16.8. The van der Waals surface area contributed by atoms with Crippen LogP contribution in [0.15, 0.2) is 48.0 Å². The molecule has 0 saturated heterocycles. The van der Waals surface area contributed by atoms with E-state index in [0.29, 0.717) is 17.6 Å². The quantitative estimate of drug-likeness (QED) is 0.499. The second-order valence-corrected chi connectivity index (χ2v) is 8.26. The van der Waals surface area contributed by atoms with Crippen molar-refractivity contribution in [1.29, 1.82) is 0 Å². The topological polar surface area (TPSA) is 22.0 Å². The molecule has 0 spiro atoms. The molecule has 0 aliphatic heterocycles. The van der Waals surface area contributed by atoms with E-state index >= 15 is 0 Å². The van der Waals surface area contributed by atoms with Crippen molar-refractivity contribution in [3.8, 4) is 0 Å². The van der Waals surface area contributed by atoms with Gasteiger partial charge < -0.3 is 4.57 Å². The lowest BCUT2D eigenvalue weighted by molar-refractivity contribution is -0.119. The number of para-hydroxylation sites is 1. The zero-order valence-electron chi connectivity index (χ0n) is 16.1. The van der Waals surface area contributed by atoms with E-state index < -0.39 is 0 Å². The van der Waals surface area contributed by atoms with Crippen molar-refractivity contribution in [2.75, 3.05) is 0 Å². The van der Waals surface area contributed by atoms with Gasteiger partial charge in [-0.3, -0.25) is 4.79 Å². The van der Waals surface area contributed by atoms with Crippen LogP contribution < -0.4 is 0 Å². The largest absolute Gasteiger partial charge is 0.341 e. The zero-order valence-corrected chi connectivity index (χ0v) is 16.1. The van der Waals surface area contributed by atoms with Crippen LogP contribution in [0, 0.1) is 11.8 Å². The number of aromatic nitrogens is 1. The standard InChI is InChI=1S/C25H27NO/c1-2-26-23-10-6-5-9-21(23)22-16-17(11-14-24(22)26)15-19-12-13-20(25(19)27)18-7-3-4-8-18/h5-6,9-11,14-16,18,20H,2-4,7-8,12-13H2,1H3/b19-15+/t20-/m0/s1. The zero-order chi connectivity index (χ0) is 18.4. The van der Waals surface area contributed by atoms with Crippen LogP contribution in [0.4, 0.5) is 0 Å². The Balaban J connectivity index is 1.53. The molecule has 0 unspecified atom stereocenters. The Hall–Kier alpha value is -2.35. The highest BCUT2D eigenvalue weighted by Gasteiger charge is 2.36. The number of rotatable bonds is 3. The van der Waals surface area contributed by atoms with Crippen molar-refractivity contribution in [1.82, 2.24) is 4.57 Å². The molecule has 1 atom stereocenters. The summed E-state index contributed by atoms with van der Waals surface area (Å²) in [5.74, 6) is 1.37. The molecule has 1 aromatic heterocycles. The summed E-state index contributed by atoms with van der Waals surface area (Å²) in [4.78, 5) is 13.0. The molecule has 2 aromatic carbocycles. The Morgan fingerprint density at radius 2 is 1.78 bits per heavy atom. The summed E-state index contributed by atoms with van der Waals surface area (Å²) in [6.07, 6.45) is 9.31. The summed E-state index contributed by atoms with van der Waals surface area (Å²) in [5, 5.41) is 2.59. The number of hydrogen-bond donors (Lipinski definition) is 0.